The van der Waals surface area contributed by atoms with Crippen molar-refractivity contribution < 1.29 is 4.74 Å². The van der Waals surface area contributed by atoms with Crippen LogP contribution in [0.1, 0.15) is 38.6 Å². The third-order valence-corrected chi connectivity index (χ3v) is 3.13. The molecule has 0 spiro atoms. The molecule has 1 atom stereocenters. The monoisotopic (exact) mass is 247 g/mol. The lowest BCUT2D eigenvalue weighted by molar-refractivity contribution is 0.318. The highest BCUT2D eigenvalue weighted by molar-refractivity contribution is 5.77. The van der Waals surface area contributed by atoms with Crippen molar-refractivity contribution in [3.63, 3.8) is 0 Å². The summed E-state index contributed by atoms with van der Waals surface area (Å²) in [5.41, 5.74) is 8.11. The van der Waals surface area contributed by atoms with Gasteiger partial charge < -0.3 is 15.0 Å². The SMILES string of the molecule is CCCOc1ccc2c(c1)nc(C(N)CC)n2C. The van der Waals surface area contributed by atoms with Crippen LogP contribution in [0.3, 0.4) is 0 Å². The Labute approximate surface area is 108 Å². The van der Waals surface area contributed by atoms with Crippen LogP contribution in [0.15, 0.2) is 18.2 Å². The van der Waals surface area contributed by atoms with Gasteiger partial charge in [0.15, 0.2) is 0 Å². The molecule has 1 unspecified atom stereocenters. The molecular formula is C14H21N3O. The first-order valence-corrected chi connectivity index (χ1v) is 6.52. The molecule has 0 aliphatic rings. The Hall–Kier alpha value is -1.55. The van der Waals surface area contributed by atoms with Crippen molar-refractivity contribution in [1.29, 1.82) is 0 Å². The summed E-state index contributed by atoms with van der Waals surface area (Å²) < 4.78 is 7.68. The Bertz CT molecular complexity index is 533. The first kappa shape index (κ1) is 12.9. The molecule has 0 aliphatic carbocycles. The number of benzene rings is 1. The molecule has 0 radical (unpaired) electrons. The molecule has 18 heavy (non-hydrogen) atoms. The summed E-state index contributed by atoms with van der Waals surface area (Å²) in [5.74, 6) is 1.80. The Morgan fingerprint density at radius 1 is 1.39 bits per heavy atom. The van der Waals surface area contributed by atoms with Crippen molar-refractivity contribution in [1.82, 2.24) is 9.55 Å². The van der Waals surface area contributed by atoms with E-state index in [1.807, 2.05) is 25.2 Å². The number of hydrogen-bond donors (Lipinski definition) is 1. The molecule has 0 saturated carbocycles. The fourth-order valence-electron chi connectivity index (χ4n) is 2.02. The van der Waals surface area contributed by atoms with E-state index in [4.69, 9.17) is 10.5 Å². The summed E-state index contributed by atoms with van der Waals surface area (Å²) in [5, 5.41) is 0. The summed E-state index contributed by atoms with van der Waals surface area (Å²) in [7, 11) is 2.01. The standard InChI is InChI=1S/C14H21N3O/c1-4-8-18-10-6-7-13-12(9-10)16-14(17(13)3)11(15)5-2/h6-7,9,11H,4-5,8,15H2,1-3H3. The van der Waals surface area contributed by atoms with E-state index in [0.29, 0.717) is 0 Å². The van der Waals surface area contributed by atoms with E-state index in [9.17, 15) is 0 Å². The van der Waals surface area contributed by atoms with Crippen molar-refractivity contribution >= 4 is 11.0 Å². The Balaban J connectivity index is 2.39. The smallest absolute Gasteiger partial charge is 0.126 e. The number of nitrogens with two attached hydrogens (primary N) is 1. The fourth-order valence-corrected chi connectivity index (χ4v) is 2.02. The molecule has 1 aromatic heterocycles. The van der Waals surface area contributed by atoms with Crippen LogP contribution in [0.5, 0.6) is 5.75 Å². The first-order valence-electron chi connectivity index (χ1n) is 6.52. The Kier molecular flexibility index (Phi) is 3.87. The molecule has 4 heteroatoms. The Morgan fingerprint density at radius 3 is 2.83 bits per heavy atom. The number of nitrogens with zero attached hydrogens (tertiary/aromatic N) is 2. The van der Waals surface area contributed by atoms with E-state index in [2.05, 4.69) is 23.4 Å². The molecule has 2 rings (SSSR count). The molecule has 1 aromatic carbocycles. The number of imidazole rings is 1. The van der Waals surface area contributed by atoms with Gasteiger partial charge in [-0.1, -0.05) is 13.8 Å². The zero-order chi connectivity index (χ0) is 13.1. The Morgan fingerprint density at radius 2 is 2.17 bits per heavy atom. The van der Waals surface area contributed by atoms with E-state index in [1.165, 1.54) is 0 Å². The highest BCUT2D eigenvalue weighted by Gasteiger charge is 2.13. The van der Waals surface area contributed by atoms with Crippen molar-refractivity contribution in [2.75, 3.05) is 6.61 Å². The van der Waals surface area contributed by atoms with Crippen molar-refractivity contribution in [3.05, 3.63) is 24.0 Å². The van der Waals surface area contributed by atoms with Crippen LogP contribution >= 0.6 is 0 Å². The molecule has 0 amide bonds. The maximum atomic E-state index is 6.06. The number of rotatable bonds is 5. The molecular weight excluding hydrogens is 226 g/mol. The average Bonchev–Trinajstić information content (AvgIpc) is 2.72. The first-order chi connectivity index (χ1) is 8.67. The summed E-state index contributed by atoms with van der Waals surface area (Å²) >= 11 is 0. The fraction of sp³-hybridized carbons (Fsp3) is 0.500. The lowest BCUT2D eigenvalue weighted by Crippen LogP contribution is -2.13. The predicted octanol–water partition coefficient (Wildman–Crippen LogP) is 2.77. The normalized spacial score (nSPS) is 12.9. The van der Waals surface area contributed by atoms with Crippen LogP contribution < -0.4 is 10.5 Å². The van der Waals surface area contributed by atoms with E-state index in [0.717, 1.165) is 42.1 Å². The number of ether oxygens (including phenoxy) is 1. The zero-order valence-electron chi connectivity index (χ0n) is 11.3. The van der Waals surface area contributed by atoms with Gasteiger partial charge in [0, 0.05) is 13.1 Å². The van der Waals surface area contributed by atoms with Gasteiger partial charge in [0.1, 0.15) is 11.6 Å². The maximum absolute atomic E-state index is 6.06. The van der Waals surface area contributed by atoms with Crippen LogP contribution in [0.4, 0.5) is 0 Å². The van der Waals surface area contributed by atoms with Crippen molar-refractivity contribution in [2.24, 2.45) is 12.8 Å². The molecule has 0 saturated heterocycles. The summed E-state index contributed by atoms with van der Waals surface area (Å²) in [6.07, 6.45) is 1.89. The maximum Gasteiger partial charge on any atom is 0.126 e. The molecule has 1 heterocycles. The molecule has 2 aromatic rings. The van der Waals surface area contributed by atoms with E-state index in [-0.39, 0.29) is 6.04 Å². The average molecular weight is 247 g/mol. The minimum atomic E-state index is -0.0117. The summed E-state index contributed by atoms with van der Waals surface area (Å²) in [6, 6.07) is 6.00. The van der Waals surface area contributed by atoms with E-state index >= 15 is 0 Å². The van der Waals surface area contributed by atoms with Crippen LogP contribution in [0.2, 0.25) is 0 Å². The van der Waals surface area contributed by atoms with Gasteiger partial charge in [-0.25, -0.2) is 4.98 Å². The molecule has 0 bridgehead atoms. The molecule has 0 aliphatic heterocycles. The molecule has 4 nitrogen and oxygen atoms in total. The van der Waals surface area contributed by atoms with E-state index < -0.39 is 0 Å². The third kappa shape index (κ3) is 2.34. The van der Waals surface area contributed by atoms with Gasteiger partial charge in [-0.15, -0.1) is 0 Å². The number of aryl methyl sites for hydroxylation is 1. The third-order valence-electron chi connectivity index (χ3n) is 3.13. The van der Waals surface area contributed by atoms with Crippen LogP contribution in [0, 0.1) is 0 Å². The minimum Gasteiger partial charge on any atom is -0.494 e. The second-order valence-corrected chi connectivity index (χ2v) is 4.54. The van der Waals surface area contributed by atoms with Gasteiger partial charge in [0.2, 0.25) is 0 Å². The van der Waals surface area contributed by atoms with Gasteiger partial charge in [-0.3, -0.25) is 0 Å². The number of hydrogen-bond acceptors (Lipinski definition) is 3. The second kappa shape index (κ2) is 5.40. The quantitative estimate of drug-likeness (QED) is 0.884. The predicted molar refractivity (Wildman–Crippen MR) is 73.7 cm³/mol. The van der Waals surface area contributed by atoms with Crippen molar-refractivity contribution in [3.8, 4) is 5.75 Å². The molecule has 0 fully saturated rings. The second-order valence-electron chi connectivity index (χ2n) is 4.54. The van der Waals surface area contributed by atoms with Crippen molar-refractivity contribution in [2.45, 2.75) is 32.7 Å². The topological polar surface area (TPSA) is 53.1 Å². The minimum absolute atomic E-state index is 0.0117. The largest absolute Gasteiger partial charge is 0.494 e. The summed E-state index contributed by atoms with van der Waals surface area (Å²) in [4.78, 5) is 4.61. The lowest BCUT2D eigenvalue weighted by Gasteiger charge is -2.08. The zero-order valence-corrected chi connectivity index (χ0v) is 11.3. The van der Waals surface area contributed by atoms with Gasteiger partial charge in [0.05, 0.1) is 23.7 Å². The number of aromatic nitrogens is 2. The highest BCUT2D eigenvalue weighted by Crippen LogP contribution is 2.24. The highest BCUT2D eigenvalue weighted by atomic mass is 16.5. The van der Waals surface area contributed by atoms with Gasteiger partial charge in [-0.2, -0.15) is 0 Å². The molecule has 98 valence electrons. The number of fused-ring (bicyclic) bond motifs is 1. The molecule has 2 N–H and O–H groups in total. The van der Waals surface area contributed by atoms with Crippen LogP contribution in [0.25, 0.3) is 11.0 Å². The van der Waals surface area contributed by atoms with Gasteiger partial charge in [0.25, 0.3) is 0 Å². The van der Waals surface area contributed by atoms with Crippen LogP contribution in [-0.2, 0) is 7.05 Å². The van der Waals surface area contributed by atoms with E-state index in [1.54, 1.807) is 0 Å². The van der Waals surface area contributed by atoms with Gasteiger partial charge >= 0.3 is 0 Å². The summed E-state index contributed by atoms with van der Waals surface area (Å²) in [6.45, 7) is 4.90. The van der Waals surface area contributed by atoms with Gasteiger partial charge in [-0.05, 0) is 25.0 Å². The lowest BCUT2D eigenvalue weighted by atomic mass is 10.2. The van der Waals surface area contributed by atoms with Crippen LogP contribution in [-0.4, -0.2) is 16.2 Å².